The Hall–Kier alpha value is -2.48. The second kappa shape index (κ2) is 5.66. The number of pyridine rings is 1. The number of hydrogen-bond donors (Lipinski definition) is 1. The number of nitrogens with zero attached hydrogens (tertiary/aromatic N) is 2. The number of non-ortho nitro benzene ring substituents is 1. The van der Waals surface area contributed by atoms with Crippen LogP contribution in [0.3, 0.4) is 0 Å². The third-order valence-electron chi connectivity index (χ3n) is 2.31. The highest BCUT2D eigenvalue weighted by molar-refractivity contribution is 9.10. The van der Waals surface area contributed by atoms with Crippen molar-refractivity contribution in [2.75, 3.05) is 0 Å². The molecule has 2 rings (SSSR count). The van der Waals surface area contributed by atoms with Gasteiger partial charge >= 0.3 is 5.97 Å². The van der Waals surface area contributed by atoms with Gasteiger partial charge in [0.25, 0.3) is 5.69 Å². The first-order valence-electron chi connectivity index (χ1n) is 5.27. The summed E-state index contributed by atoms with van der Waals surface area (Å²) >= 11 is 3.13. The lowest BCUT2D eigenvalue weighted by Crippen LogP contribution is -2.00. The Labute approximate surface area is 121 Å². The molecule has 0 atom stereocenters. The van der Waals surface area contributed by atoms with Crippen molar-refractivity contribution < 1.29 is 19.6 Å². The molecule has 1 aromatic carbocycles. The van der Waals surface area contributed by atoms with Gasteiger partial charge < -0.3 is 9.84 Å². The van der Waals surface area contributed by atoms with Crippen molar-refractivity contribution in [3.05, 3.63) is 56.8 Å². The lowest BCUT2D eigenvalue weighted by molar-refractivity contribution is -0.385. The van der Waals surface area contributed by atoms with Gasteiger partial charge in [0.1, 0.15) is 11.3 Å². The van der Waals surface area contributed by atoms with E-state index in [0.717, 1.165) is 0 Å². The number of ether oxygens (including phenoxy) is 1. The Morgan fingerprint density at radius 3 is 2.80 bits per heavy atom. The zero-order valence-electron chi connectivity index (χ0n) is 9.82. The van der Waals surface area contributed by atoms with E-state index in [1.54, 1.807) is 0 Å². The minimum absolute atomic E-state index is 0.00685. The van der Waals surface area contributed by atoms with Crippen molar-refractivity contribution in [1.82, 2.24) is 4.98 Å². The zero-order chi connectivity index (χ0) is 14.7. The molecule has 2 aromatic rings. The van der Waals surface area contributed by atoms with Crippen LogP contribution in [-0.4, -0.2) is 21.0 Å². The minimum Gasteiger partial charge on any atom is -0.478 e. The molecule has 0 aliphatic carbocycles. The van der Waals surface area contributed by atoms with Crippen molar-refractivity contribution in [2.24, 2.45) is 0 Å². The van der Waals surface area contributed by atoms with Crippen LogP contribution in [-0.2, 0) is 0 Å². The van der Waals surface area contributed by atoms with Gasteiger partial charge in [0, 0.05) is 16.7 Å². The predicted octanol–water partition coefficient (Wildman–Crippen LogP) is 3.24. The maximum Gasteiger partial charge on any atom is 0.339 e. The Morgan fingerprint density at radius 2 is 2.15 bits per heavy atom. The maximum absolute atomic E-state index is 11.0. The highest BCUT2D eigenvalue weighted by Gasteiger charge is 2.14. The van der Waals surface area contributed by atoms with E-state index in [0.29, 0.717) is 4.47 Å². The summed E-state index contributed by atoms with van der Waals surface area (Å²) in [5.74, 6) is -1.03. The smallest absolute Gasteiger partial charge is 0.339 e. The molecule has 0 amide bonds. The molecule has 0 aliphatic heterocycles. The van der Waals surface area contributed by atoms with Crippen molar-refractivity contribution in [3.8, 4) is 11.5 Å². The van der Waals surface area contributed by atoms with E-state index in [1.165, 1.54) is 36.7 Å². The van der Waals surface area contributed by atoms with Gasteiger partial charge in [-0.05, 0) is 12.1 Å². The summed E-state index contributed by atoms with van der Waals surface area (Å²) in [5, 5.41) is 19.8. The molecule has 0 saturated carbocycles. The molecule has 1 aromatic heterocycles. The number of carbonyl (C=O) groups is 1. The summed E-state index contributed by atoms with van der Waals surface area (Å²) in [6.07, 6.45) is 2.55. The molecular formula is C12H7BrN2O5. The number of carboxylic acid groups (broad SMARTS) is 1. The van der Waals surface area contributed by atoms with Gasteiger partial charge in [0.2, 0.25) is 0 Å². The maximum atomic E-state index is 11.0. The SMILES string of the molecule is O=C(O)c1ccncc1Oc1cc(Br)cc([N+](=O)[O-])c1. The Kier molecular flexibility index (Phi) is 3.94. The monoisotopic (exact) mass is 338 g/mol. The molecular weight excluding hydrogens is 332 g/mol. The van der Waals surface area contributed by atoms with Crippen LogP contribution in [0.4, 0.5) is 5.69 Å². The van der Waals surface area contributed by atoms with E-state index in [9.17, 15) is 14.9 Å². The molecule has 0 saturated heterocycles. The second-order valence-corrected chi connectivity index (χ2v) is 4.60. The number of hydrogen-bond acceptors (Lipinski definition) is 5. The molecule has 0 radical (unpaired) electrons. The highest BCUT2D eigenvalue weighted by atomic mass is 79.9. The number of benzene rings is 1. The van der Waals surface area contributed by atoms with E-state index in [2.05, 4.69) is 20.9 Å². The number of rotatable bonds is 4. The fraction of sp³-hybridized carbons (Fsp3) is 0. The molecule has 0 aliphatic rings. The van der Waals surface area contributed by atoms with Crippen LogP contribution in [0.1, 0.15) is 10.4 Å². The number of halogens is 1. The Bertz CT molecular complexity index is 689. The van der Waals surface area contributed by atoms with Crippen molar-refractivity contribution in [1.29, 1.82) is 0 Å². The Morgan fingerprint density at radius 1 is 1.40 bits per heavy atom. The molecule has 102 valence electrons. The van der Waals surface area contributed by atoms with Crippen molar-refractivity contribution in [3.63, 3.8) is 0 Å². The molecule has 7 nitrogen and oxygen atoms in total. The van der Waals surface area contributed by atoms with Gasteiger partial charge in [-0.3, -0.25) is 15.1 Å². The van der Waals surface area contributed by atoms with E-state index in [4.69, 9.17) is 9.84 Å². The first-order chi connectivity index (χ1) is 9.47. The topological polar surface area (TPSA) is 103 Å². The molecule has 0 bridgehead atoms. The van der Waals surface area contributed by atoms with Crippen LogP contribution >= 0.6 is 15.9 Å². The largest absolute Gasteiger partial charge is 0.478 e. The van der Waals surface area contributed by atoms with Crippen molar-refractivity contribution >= 4 is 27.6 Å². The lowest BCUT2D eigenvalue weighted by Gasteiger charge is -2.08. The molecule has 0 fully saturated rings. The first-order valence-corrected chi connectivity index (χ1v) is 6.07. The Balaban J connectivity index is 2.40. The second-order valence-electron chi connectivity index (χ2n) is 3.68. The summed E-state index contributed by atoms with van der Waals surface area (Å²) in [5.41, 5.74) is -0.252. The van der Waals surface area contributed by atoms with Gasteiger partial charge in [0.15, 0.2) is 5.75 Å². The van der Waals surface area contributed by atoms with Gasteiger partial charge in [-0.25, -0.2) is 4.79 Å². The van der Waals surface area contributed by atoms with Gasteiger partial charge in [-0.2, -0.15) is 0 Å². The van der Waals surface area contributed by atoms with Gasteiger partial charge in [-0.1, -0.05) is 15.9 Å². The average Bonchev–Trinajstić information content (AvgIpc) is 2.38. The average molecular weight is 339 g/mol. The van der Waals surface area contributed by atoms with Crippen LogP contribution in [0.2, 0.25) is 0 Å². The van der Waals surface area contributed by atoms with E-state index in [1.807, 2.05) is 0 Å². The van der Waals surface area contributed by atoms with Crippen LogP contribution < -0.4 is 4.74 Å². The van der Waals surface area contributed by atoms with Gasteiger partial charge in [-0.15, -0.1) is 0 Å². The number of nitro benzene ring substituents is 1. The molecule has 1 N–H and O–H groups in total. The summed E-state index contributed by atoms with van der Waals surface area (Å²) in [7, 11) is 0. The van der Waals surface area contributed by atoms with E-state index >= 15 is 0 Å². The first kappa shape index (κ1) is 13.9. The third kappa shape index (κ3) is 3.09. The minimum atomic E-state index is -1.17. The van der Waals surface area contributed by atoms with Crippen LogP contribution in [0.25, 0.3) is 0 Å². The van der Waals surface area contributed by atoms with E-state index in [-0.39, 0.29) is 22.7 Å². The van der Waals surface area contributed by atoms with E-state index < -0.39 is 10.9 Å². The highest BCUT2D eigenvalue weighted by Crippen LogP contribution is 2.30. The van der Waals surface area contributed by atoms with Crippen LogP contribution in [0.15, 0.2) is 41.1 Å². The molecule has 0 spiro atoms. The molecule has 1 heterocycles. The molecule has 0 unspecified atom stereocenters. The number of carboxylic acids is 1. The number of aromatic carboxylic acids is 1. The molecule has 20 heavy (non-hydrogen) atoms. The summed E-state index contributed by atoms with van der Waals surface area (Å²) in [4.78, 5) is 25.0. The summed E-state index contributed by atoms with van der Waals surface area (Å²) < 4.78 is 5.81. The van der Waals surface area contributed by atoms with Crippen LogP contribution in [0.5, 0.6) is 11.5 Å². The third-order valence-corrected chi connectivity index (χ3v) is 2.77. The van der Waals surface area contributed by atoms with Gasteiger partial charge in [0.05, 0.1) is 17.2 Å². The fourth-order valence-corrected chi connectivity index (χ4v) is 1.94. The normalized spacial score (nSPS) is 10.1. The standard InChI is InChI=1S/C12H7BrN2O5/c13-7-3-8(15(18)19)5-9(4-7)20-11-6-14-2-1-10(11)12(16)17/h1-6H,(H,16,17). The summed E-state index contributed by atoms with van der Waals surface area (Å²) in [6, 6.07) is 5.29. The fourth-order valence-electron chi connectivity index (χ4n) is 1.48. The number of aromatic nitrogens is 1. The van der Waals surface area contributed by atoms with Crippen LogP contribution in [0, 0.1) is 10.1 Å². The summed E-state index contributed by atoms with van der Waals surface area (Å²) in [6.45, 7) is 0. The number of nitro groups is 1. The lowest BCUT2D eigenvalue weighted by atomic mass is 10.2. The predicted molar refractivity (Wildman–Crippen MR) is 72.1 cm³/mol. The molecule has 8 heteroatoms. The quantitative estimate of drug-likeness (QED) is 0.678. The zero-order valence-corrected chi connectivity index (χ0v) is 11.4. The van der Waals surface area contributed by atoms with Crippen molar-refractivity contribution in [2.45, 2.75) is 0 Å².